The summed E-state index contributed by atoms with van der Waals surface area (Å²) in [5.74, 6) is 0.283. The molecule has 1 aliphatic heterocycles. The molecule has 0 radical (unpaired) electrons. The third kappa shape index (κ3) is 3.45. The van der Waals surface area contributed by atoms with Gasteiger partial charge in [-0.3, -0.25) is 0 Å². The van der Waals surface area contributed by atoms with Gasteiger partial charge in [0.15, 0.2) is 0 Å². The maximum atomic E-state index is 12.9. The summed E-state index contributed by atoms with van der Waals surface area (Å²) in [6.45, 7) is 5.11. The Hall–Kier alpha value is -1.91. The van der Waals surface area contributed by atoms with Gasteiger partial charge < -0.3 is 0 Å². The van der Waals surface area contributed by atoms with Crippen molar-refractivity contribution in [3.8, 4) is 0 Å². The number of nitrogens with zero attached hydrogens (tertiary/aromatic N) is 1. The maximum Gasteiger partial charge on any atom is 0.243 e. The summed E-state index contributed by atoms with van der Waals surface area (Å²) in [7, 11) is -3.43. The first-order valence-corrected chi connectivity index (χ1v) is 9.77. The van der Waals surface area contributed by atoms with Crippen LogP contribution in [0.4, 0.5) is 0 Å². The molecule has 1 heterocycles. The Morgan fingerprint density at radius 3 is 2.38 bits per heavy atom. The van der Waals surface area contributed by atoms with E-state index in [1.54, 1.807) is 16.4 Å². The number of rotatable bonds is 4. The van der Waals surface area contributed by atoms with Gasteiger partial charge in [-0.05, 0) is 37.0 Å². The van der Waals surface area contributed by atoms with Crippen LogP contribution in [-0.2, 0) is 10.0 Å². The molecule has 0 spiro atoms. The van der Waals surface area contributed by atoms with Crippen LogP contribution in [0.2, 0.25) is 0 Å². The van der Waals surface area contributed by atoms with Crippen LogP contribution >= 0.6 is 0 Å². The van der Waals surface area contributed by atoms with Crippen molar-refractivity contribution in [2.75, 3.05) is 13.1 Å². The summed E-state index contributed by atoms with van der Waals surface area (Å²) in [6.07, 6.45) is 3.08. The second kappa shape index (κ2) is 6.91. The molecule has 0 aliphatic carbocycles. The van der Waals surface area contributed by atoms with Crippen molar-refractivity contribution in [1.29, 1.82) is 0 Å². The van der Waals surface area contributed by atoms with E-state index in [4.69, 9.17) is 0 Å². The van der Waals surface area contributed by atoms with Crippen LogP contribution in [0.15, 0.2) is 65.1 Å². The monoisotopic (exact) mass is 341 g/mol. The number of sulfonamides is 1. The Balaban J connectivity index is 1.88. The van der Waals surface area contributed by atoms with Gasteiger partial charge >= 0.3 is 0 Å². The molecule has 3 rings (SSSR count). The first-order chi connectivity index (χ1) is 11.5. The van der Waals surface area contributed by atoms with Crippen molar-refractivity contribution >= 4 is 16.1 Å². The molecule has 1 atom stereocenters. The Morgan fingerprint density at radius 2 is 1.75 bits per heavy atom. The van der Waals surface area contributed by atoms with Gasteiger partial charge in [0.05, 0.1) is 4.90 Å². The molecular weight excluding hydrogens is 318 g/mol. The van der Waals surface area contributed by atoms with Crippen LogP contribution in [0.25, 0.3) is 6.08 Å². The minimum atomic E-state index is -3.43. The largest absolute Gasteiger partial charge is 0.243 e. The Labute approximate surface area is 144 Å². The van der Waals surface area contributed by atoms with Crippen LogP contribution in [-0.4, -0.2) is 25.8 Å². The number of hydrogen-bond donors (Lipinski definition) is 0. The molecule has 24 heavy (non-hydrogen) atoms. The van der Waals surface area contributed by atoms with Crippen molar-refractivity contribution < 1.29 is 8.42 Å². The zero-order valence-electron chi connectivity index (χ0n) is 14.1. The highest BCUT2D eigenvalue weighted by molar-refractivity contribution is 7.89. The molecule has 126 valence electrons. The van der Waals surface area contributed by atoms with E-state index in [2.05, 4.69) is 25.1 Å². The lowest BCUT2D eigenvalue weighted by molar-refractivity contribution is 0.454. The first kappa shape index (κ1) is 16.9. The molecule has 1 aliphatic rings. The quantitative estimate of drug-likeness (QED) is 0.839. The zero-order valence-corrected chi connectivity index (χ0v) is 15.0. The van der Waals surface area contributed by atoms with Crippen molar-refractivity contribution in [2.24, 2.45) is 5.92 Å². The third-order valence-electron chi connectivity index (χ3n) is 4.61. The molecule has 0 N–H and O–H groups in total. The van der Waals surface area contributed by atoms with E-state index < -0.39 is 10.0 Å². The minimum absolute atomic E-state index is 0.283. The van der Waals surface area contributed by atoms with Crippen molar-refractivity contribution in [3.05, 3.63) is 71.3 Å². The summed E-state index contributed by atoms with van der Waals surface area (Å²) in [5, 5.41) is 0. The van der Waals surface area contributed by atoms with Gasteiger partial charge in [-0.25, -0.2) is 8.42 Å². The van der Waals surface area contributed by atoms with Gasteiger partial charge in [-0.1, -0.05) is 66.6 Å². The van der Waals surface area contributed by atoms with E-state index in [-0.39, 0.29) is 5.92 Å². The molecule has 0 amide bonds. The average molecular weight is 341 g/mol. The summed E-state index contributed by atoms with van der Waals surface area (Å²) < 4.78 is 27.4. The van der Waals surface area contributed by atoms with Crippen molar-refractivity contribution in [1.82, 2.24) is 4.31 Å². The lowest BCUT2D eigenvalue weighted by Gasteiger charge is -2.16. The van der Waals surface area contributed by atoms with Crippen LogP contribution < -0.4 is 0 Å². The summed E-state index contributed by atoms with van der Waals surface area (Å²) >= 11 is 0. The van der Waals surface area contributed by atoms with E-state index in [9.17, 15) is 8.42 Å². The molecule has 1 unspecified atom stereocenters. The van der Waals surface area contributed by atoms with E-state index in [0.29, 0.717) is 18.0 Å². The molecule has 1 saturated heterocycles. The second-order valence-corrected chi connectivity index (χ2v) is 8.28. The van der Waals surface area contributed by atoms with E-state index in [1.807, 2.05) is 37.3 Å². The second-order valence-electron chi connectivity index (χ2n) is 6.35. The third-order valence-corrected chi connectivity index (χ3v) is 6.44. The lowest BCUT2D eigenvalue weighted by Crippen LogP contribution is -2.28. The first-order valence-electron chi connectivity index (χ1n) is 8.33. The van der Waals surface area contributed by atoms with Crippen LogP contribution in [0.1, 0.15) is 24.5 Å². The van der Waals surface area contributed by atoms with Crippen LogP contribution in [0.5, 0.6) is 0 Å². The Kier molecular flexibility index (Phi) is 4.88. The van der Waals surface area contributed by atoms with Crippen LogP contribution in [0, 0.1) is 12.8 Å². The molecule has 0 aromatic heterocycles. The van der Waals surface area contributed by atoms with Gasteiger partial charge in [-0.2, -0.15) is 4.31 Å². The maximum absolute atomic E-state index is 12.9. The highest BCUT2D eigenvalue weighted by atomic mass is 32.2. The highest BCUT2D eigenvalue weighted by Crippen LogP contribution is 2.31. The SMILES string of the molecule is CCC1CN(S(=O)(=O)c2ccc(C)cc2)C/C1=C\c1ccccc1. The van der Waals surface area contributed by atoms with Crippen LogP contribution in [0.3, 0.4) is 0 Å². The summed E-state index contributed by atoms with van der Waals surface area (Å²) in [6, 6.07) is 17.2. The van der Waals surface area contributed by atoms with E-state index in [1.165, 1.54) is 5.57 Å². The number of aryl methyl sites for hydroxylation is 1. The molecule has 2 aromatic rings. The van der Waals surface area contributed by atoms with E-state index in [0.717, 1.165) is 17.5 Å². The predicted molar refractivity (Wildman–Crippen MR) is 98.1 cm³/mol. The number of benzene rings is 2. The topological polar surface area (TPSA) is 37.4 Å². The van der Waals surface area contributed by atoms with Gasteiger partial charge in [0.25, 0.3) is 0 Å². The standard InChI is InChI=1S/C20H23NO2S/c1-3-18-14-21(15-19(18)13-17-7-5-4-6-8-17)24(22,23)20-11-9-16(2)10-12-20/h4-13,18H,3,14-15H2,1-2H3/b19-13+. The minimum Gasteiger partial charge on any atom is -0.207 e. The Bertz CT molecular complexity index is 824. The van der Waals surface area contributed by atoms with Gasteiger partial charge in [0.1, 0.15) is 0 Å². The van der Waals surface area contributed by atoms with Gasteiger partial charge in [-0.15, -0.1) is 0 Å². The fraction of sp³-hybridized carbons (Fsp3) is 0.300. The van der Waals surface area contributed by atoms with E-state index >= 15 is 0 Å². The Morgan fingerprint density at radius 1 is 1.08 bits per heavy atom. The van der Waals surface area contributed by atoms with Gasteiger partial charge in [0, 0.05) is 13.1 Å². The van der Waals surface area contributed by atoms with Crippen molar-refractivity contribution in [2.45, 2.75) is 25.2 Å². The molecule has 2 aromatic carbocycles. The molecule has 1 fully saturated rings. The summed E-state index contributed by atoms with van der Waals surface area (Å²) in [5.41, 5.74) is 3.38. The molecule has 0 saturated carbocycles. The summed E-state index contributed by atoms with van der Waals surface area (Å²) in [4.78, 5) is 0.379. The molecule has 4 heteroatoms. The lowest BCUT2D eigenvalue weighted by atomic mass is 9.98. The van der Waals surface area contributed by atoms with Crippen molar-refractivity contribution in [3.63, 3.8) is 0 Å². The smallest absolute Gasteiger partial charge is 0.207 e. The molecular formula is C20H23NO2S. The van der Waals surface area contributed by atoms with Gasteiger partial charge in [0.2, 0.25) is 10.0 Å². The molecule has 3 nitrogen and oxygen atoms in total. The number of hydrogen-bond acceptors (Lipinski definition) is 2. The fourth-order valence-corrected chi connectivity index (χ4v) is 4.59. The fourth-order valence-electron chi connectivity index (χ4n) is 3.12. The molecule has 0 bridgehead atoms. The zero-order chi connectivity index (χ0) is 17.2. The normalized spacial score (nSPS) is 20.6. The highest BCUT2D eigenvalue weighted by Gasteiger charge is 2.34. The predicted octanol–water partition coefficient (Wildman–Crippen LogP) is 4.11. The average Bonchev–Trinajstić information content (AvgIpc) is 3.00.